The predicted octanol–water partition coefficient (Wildman–Crippen LogP) is 2.70. The summed E-state index contributed by atoms with van der Waals surface area (Å²) in [5.41, 5.74) is -0.228. The molecule has 0 aliphatic rings. The lowest BCUT2D eigenvalue weighted by atomic mass is 10.0. The Balaban J connectivity index is 2.83. The lowest BCUT2D eigenvalue weighted by Gasteiger charge is -2.07. The van der Waals surface area contributed by atoms with Gasteiger partial charge in [0.15, 0.2) is 0 Å². The maximum absolute atomic E-state index is 10.9. The van der Waals surface area contributed by atoms with Crippen molar-refractivity contribution in [3.63, 3.8) is 0 Å². The van der Waals surface area contributed by atoms with Gasteiger partial charge in [0.2, 0.25) is 0 Å². The smallest absolute Gasteiger partial charge is 0.339 e. The third-order valence-corrected chi connectivity index (χ3v) is 3.33. The number of halogens is 1. The SMILES string of the molecule is O=C(O)c1ccc2c(Br)c(O)c(C(=O)O)cc2c1. The van der Waals surface area contributed by atoms with Gasteiger partial charge in [0.1, 0.15) is 11.3 Å². The van der Waals surface area contributed by atoms with Crippen LogP contribution in [0.2, 0.25) is 0 Å². The lowest BCUT2D eigenvalue weighted by molar-refractivity contribution is 0.0685. The second-order valence-electron chi connectivity index (χ2n) is 3.63. The molecule has 18 heavy (non-hydrogen) atoms. The fourth-order valence-electron chi connectivity index (χ4n) is 1.65. The Kier molecular flexibility index (Phi) is 2.96. The zero-order chi connectivity index (χ0) is 13.4. The normalized spacial score (nSPS) is 10.5. The molecular formula is C12H7BrO5. The van der Waals surface area contributed by atoms with Gasteiger partial charge in [-0.3, -0.25) is 0 Å². The second-order valence-corrected chi connectivity index (χ2v) is 4.43. The molecule has 2 aromatic carbocycles. The number of aromatic carboxylic acids is 2. The van der Waals surface area contributed by atoms with Gasteiger partial charge in [0.25, 0.3) is 0 Å². The number of hydrogen-bond acceptors (Lipinski definition) is 3. The molecule has 5 nitrogen and oxygen atoms in total. The summed E-state index contributed by atoms with van der Waals surface area (Å²) >= 11 is 3.10. The van der Waals surface area contributed by atoms with E-state index in [1.54, 1.807) is 0 Å². The predicted molar refractivity (Wildman–Crippen MR) is 67.2 cm³/mol. The molecule has 0 unspecified atom stereocenters. The van der Waals surface area contributed by atoms with Crippen LogP contribution in [0, 0.1) is 0 Å². The number of hydrogen-bond donors (Lipinski definition) is 3. The van der Waals surface area contributed by atoms with E-state index in [2.05, 4.69) is 15.9 Å². The number of rotatable bonds is 2. The highest BCUT2D eigenvalue weighted by molar-refractivity contribution is 9.10. The van der Waals surface area contributed by atoms with Gasteiger partial charge in [-0.2, -0.15) is 0 Å². The van der Waals surface area contributed by atoms with E-state index >= 15 is 0 Å². The van der Waals surface area contributed by atoms with Crippen molar-refractivity contribution in [1.82, 2.24) is 0 Å². The second kappa shape index (κ2) is 4.30. The summed E-state index contributed by atoms with van der Waals surface area (Å²) in [5.74, 6) is -2.76. The largest absolute Gasteiger partial charge is 0.506 e. The van der Waals surface area contributed by atoms with E-state index in [1.165, 1.54) is 24.3 Å². The summed E-state index contributed by atoms with van der Waals surface area (Å²) in [7, 11) is 0. The first-order chi connectivity index (χ1) is 8.41. The van der Waals surface area contributed by atoms with Crippen LogP contribution in [0.25, 0.3) is 10.8 Å². The third-order valence-electron chi connectivity index (χ3n) is 2.53. The topological polar surface area (TPSA) is 94.8 Å². The fraction of sp³-hybridized carbons (Fsp3) is 0. The van der Waals surface area contributed by atoms with Gasteiger partial charge in [0, 0.05) is 0 Å². The molecule has 0 heterocycles. The van der Waals surface area contributed by atoms with E-state index in [4.69, 9.17) is 10.2 Å². The number of carbonyl (C=O) groups is 2. The number of phenols is 1. The van der Waals surface area contributed by atoms with E-state index < -0.39 is 11.9 Å². The summed E-state index contributed by atoms with van der Waals surface area (Å²) in [6.45, 7) is 0. The Morgan fingerprint density at radius 1 is 1.06 bits per heavy atom. The Hall–Kier alpha value is -2.08. The van der Waals surface area contributed by atoms with Gasteiger partial charge in [-0.15, -0.1) is 0 Å². The molecule has 2 rings (SSSR count). The fourth-order valence-corrected chi connectivity index (χ4v) is 2.22. The molecule has 0 fully saturated rings. The molecule has 0 spiro atoms. The number of aromatic hydroxyl groups is 1. The molecule has 92 valence electrons. The molecule has 0 atom stereocenters. The lowest BCUT2D eigenvalue weighted by Crippen LogP contribution is -1.99. The Labute approximate surface area is 109 Å². The van der Waals surface area contributed by atoms with Gasteiger partial charge >= 0.3 is 11.9 Å². The van der Waals surface area contributed by atoms with Crippen molar-refractivity contribution in [2.75, 3.05) is 0 Å². The molecule has 0 amide bonds. The number of carboxylic acids is 2. The summed E-state index contributed by atoms with van der Waals surface area (Å²) in [4.78, 5) is 21.8. The molecule has 2 aromatic rings. The summed E-state index contributed by atoms with van der Waals surface area (Å²) in [6, 6.07) is 5.49. The first kappa shape index (κ1) is 12.4. The average Bonchev–Trinajstić information content (AvgIpc) is 2.32. The summed E-state index contributed by atoms with van der Waals surface area (Å²) in [6.07, 6.45) is 0. The summed E-state index contributed by atoms with van der Waals surface area (Å²) < 4.78 is 0.231. The maximum atomic E-state index is 10.9. The van der Waals surface area contributed by atoms with Crippen LogP contribution in [-0.4, -0.2) is 27.3 Å². The zero-order valence-electron chi connectivity index (χ0n) is 8.85. The zero-order valence-corrected chi connectivity index (χ0v) is 10.4. The van der Waals surface area contributed by atoms with Crippen LogP contribution in [0.15, 0.2) is 28.7 Å². The molecular weight excluding hydrogens is 304 g/mol. The van der Waals surface area contributed by atoms with Gasteiger partial charge in [-0.1, -0.05) is 6.07 Å². The Morgan fingerprint density at radius 2 is 1.72 bits per heavy atom. The minimum atomic E-state index is -1.28. The van der Waals surface area contributed by atoms with Gasteiger partial charge in [-0.25, -0.2) is 9.59 Å². The third kappa shape index (κ3) is 1.91. The molecule has 6 heteroatoms. The van der Waals surface area contributed by atoms with Crippen LogP contribution in [0.4, 0.5) is 0 Å². The highest BCUT2D eigenvalue weighted by atomic mass is 79.9. The van der Waals surface area contributed by atoms with E-state index in [0.717, 1.165) is 0 Å². The maximum Gasteiger partial charge on any atom is 0.339 e. The number of fused-ring (bicyclic) bond motifs is 1. The molecule has 0 aliphatic heterocycles. The molecule has 0 bridgehead atoms. The van der Waals surface area contributed by atoms with E-state index in [9.17, 15) is 14.7 Å². The highest BCUT2D eigenvalue weighted by Gasteiger charge is 2.16. The minimum absolute atomic E-state index is 0.0522. The van der Waals surface area contributed by atoms with Crippen molar-refractivity contribution in [2.45, 2.75) is 0 Å². The van der Waals surface area contributed by atoms with Crippen LogP contribution in [0.5, 0.6) is 5.75 Å². The van der Waals surface area contributed by atoms with Crippen LogP contribution in [0.1, 0.15) is 20.7 Å². The molecule has 0 saturated carbocycles. The average molecular weight is 311 g/mol. The van der Waals surface area contributed by atoms with Crippen molar-refractivity contribution in [3.05, 3.63) is 39.9 Å². The van der Waals surface area contributed by atoms with Gasteiger partial charge in [0.05, 0.1) is 10.0 Å². The van der Waals surface area contributed by atoms with Crippen LogP contribution in [-0.2, 0) is 0 Å². The Morgan fingerprint density at radius 3 is 2.28 bits per heavy atom. The Bertz CT molecular complexity index is 678. The van der Waals surface area contributed by atoms with Crippen molar-refractivity contribution < 1.29 is 24.9 Å². The van der Waals surface area contributed by atoms with E-state index in [-0.39, 0.29) is 21.3 Å². The van der Waals surface area contributed by atoms with Crippen LogP contribution < -0.4 is 0 Å². The highest BCUT2D eigenvalue weighted by Crippen LogP contribution is 2.36. The van der Waals surface area contributed by atoms with Crippen LogP contribution >= 0.6 is 15.9 Å². The standard InChI is InChI=1S/C12H7BrO5/c13-9-7-2-1-5(11(15)16)3-6(7)4-8(10(9)14)12(17)18/h1-4,14H,(H,15,16)(H,17,18). The first-order valence-corrected chi connectivity index (χ1v) is 5.63. The first-order valence-electron chi connectivity index (χ1n) is 4.83. The van der Waals surface area contributed by atoms with Crippen LogP contribution in [0.3, 0.4) is 0 Å². The van der Waals surface area contributed by atoms with Gasteiger partial charge in [-0.05, 0) is 44.9 Å². The van der Waals surface area contributed by atoms with Crippen molar-refractivity contribution in [3.8, 4) is 5.75 Å². The minimum Gasteiger partial charge on any atom is -0.506 e. The molecule has 0 saturated heterocycles. The van der Waals surface area contributed by atoms with Gasteiger partial charge < -0.3 is 15.3 Å². The molecule has 0 aliphatic carbocycles. The van der Waals surface area contributed by atoms with Crippen molar-refractivity contribution in [2.24, 2.45) is 0 Å². The number of benzene rings is 2. The van der Waals surface area contributed by atoms with E-state index in [1.807, 2.05) is 0 Å². The van der Waals surface area contributed by atoms with E-state index in [0.29, 0.717) is 10.8 Å². The molecule has 0 aromatic heterocycles. The monoisotopic (exact) mass is 310 g/mol. The molecule has 0 radical (unpaired) electrons. The summed E-state index contributed by atoms with van der Waals surface area (Å²) in [5, 5.41) is 28.5. The quantitative estimate of drug-likeness (QED) is 0.792. The van der Waals surface area contributed by atoms with Crippen molar-refractivity contribution >= 4 is 38.6 Å². The molecule has 3 N–H and O–H groups in total. The van der Waals surface area contributed by atoms with Crippen molar-refractivity contribution in [1.29, 1.82) is 0 Å². The number of carboxylic acid groups (broad SMARTS) is 2.